The molecule has 2 rings (SSSR count). The van der Waals surface area contributed by atoms with E-state index in [0.717, 1.165) is 0 Å². The Morgan fingerprint density at radius 2 is 1.17 bits per heavy atom. The van der Waals surface area contributed by atoms with E-state index in [1.54, 1.807) is 12.1 Å². The highest BCUT2D eigenvalue weighted by Gasteiger charge is 2.30. The molecule has 0 saturated heterocycles. The number of benzene rings is 2. The van der Waals surface area contributed by atoms with Gasteiger partial charge in [-0.2, -0.15) is 0 Å². The summed E-state index contributed by atoms with van der Waals surface area (Å²) in [5, 5.41) is 9.13. The molecule has 124 valence electrons. The summed E-state index contributed by atoms with van der Waals surface area (Å²) in [4.78, 5) is 0. The molecule has 1 N–H and O–H groups in total. The van der Waals surface area contributed by atoms with Crippen LogP contribution in [0.5, 0.6) is 23.0 Å². The smallest absolute Gasteiger partial charge is 0.508 e. The van der Waals surface area contributed by atoms with E-state index in [4.69, 9.17) is 14.6 Å². The summed E-state index contributed by atoms with van der Waals surface area (Å²) < 4.78 is 50.6. The average Bonchev–Trinajstić information content (AvgIpc) is 2.49. The third-order valence-electron chi connectivity index (χ3n) is 2.72. The molecule has 0 fully saturated rings. The summed E-state index contributed by atoms with van der Waals surface area (Å²) in [6.45, 7) is 0.775. The number of phenolic OH excluding ortho intramolecular Hbond substituents is 1. The zero-order chi connectivity index (χ0) is 16.7. The molecular formula is C16H15F3O4. The van der Waals surface area contributed by atoms with Gasteiger partial charge in [0.1, 0.15) is 23.0 Å². The van der Waals surface area contributed by atoms with E-state index in [2.05, 4.69) is 4.74 Å². The van der Waals surface area contributed by atoms with E-state index >= 15 is 0 Å². The van der Waals surface area contributed by atoms with Gasteiger partial charge in [-0.1, -0.05) is 0 Å². The molecule has 0 spiro atoms. The number of ether oxygens (including phenoxy) is 3. The van der Waals surface area contributed by atoms with E-state index < -0.39 is 6.36 Å². The zero-order valence-electron chi connectivity index (χ0n) is 12.0. The Hall–Kier alpha value is -2.57. The highest BCUT2D eigenvalue weighted by atomic mass is 19.4. The van der Waals surface area contributed by atoms with Gasteiger partial charge >= 0.3 is 6.36 Å². The topological polar surface area (TPSA) is 47.9 Å². The van der Waals surface area contributed by atoms with Gasteiger partial charge in [0, 0.05) is 6.42 Å². The Bertz CT molecular complexity index is 594. The molecule has 0 aliphatic heterocycles. The normalized spacial score (nSPS) is 11.1. The van der Waals surface area contributed by atoms with E-state index in [-0.39, 0.29) is 11.5 Å². The fourth-order valence-corrected chi connectivity index (χ4v) is 1.72. The summed E-state index contributed by atoms with van der Waals surface area (Å²) in [6.07, 6.45) is -4.10. The number of rotatable bonds is 7. The summed E-state index contributed by atoms with van der Waals surface area (Å²) in [6, 6.07) is 11.5. The van der Waals surface area contributed by atoms with Crippen molar-refractivity contribution in [2.75, 3.05) is 13.2 Å². The van der Waals surface area contributed by atoms with E-state index in [1.807, 2.05) is 0 Å². The first-order chi connectivity index (χ1) is 10.9. The maximum atomic E-state index is 12.0. The van der Waals surface area contributed by atoms with Gasteiger partial charge < -0.3 is 19.3 Å². The monoisotopic (exact) mass is 328 g/mol. The minimum atomic E-state index is -4.70. The van der Waals surface area contributed by atoms with E-state index in [0.29, 0.717) is 31.1 Å². The number of hydrogen-bond donors (Lipinski definition) is 1. The van der Waals surface area contributed by atoms with Crippen molar-refractivity contribution < 1.29 is 32.5 Å². The standard InChI is InChI=1S/C16H15F3O4/c17-16(18,19)23-15-8-6-14(7-9-15)22-11-1-10-21-13-4-2-12(20)3-5-13/h2-9,20H,1,10-11H2. The summed E-state index contributed by atoms with van der Waals surface area (Å²) in [7, 11) is 0. The second kappa shape index (κ2) is 7.62. The second-order valence-corrected chi connectivity index (χ2v) is 4.56. The molecule has 7 heteroatoms. The van der Waals surface area contributed by atoms with Crippen LogP contribution in [0.25, 0.3) is 0 Å². The van der Waals surface area contributed by atoms with Gasteiger partial charge in [0.25, 0.3) is 0 Å². The second-order valence-electron chi connectivity index (χ2n) is 4.56. The van der Waals surface area contributed by atoms with Gasteiger partial charge in [0.15, 0.2) is 0 Å². The molecule has 2 aromatic carbocycles. The lowest BCUT2D eigenvalue weighted by Gasteiger charge is -2.10. The minimum Gasteiger partial charge on any atom is -0.508 e. The molecule has 23 heavy (non-hydrogen) atoms. The first kappa shape index (κ1) is 16.8. The molecule has 0 amide bonds. The molecule has 0 aliphatic carbocycles. The number of hydrogen-bond acceptors (Lipinski definition) is 4. The first-order valence-electron chi connectivity index (χ1n) is 6.83. The predicted octanol–water partition coefficient (Wildman–Crippen LogP) is 4.14. The van der Waals surface area contributed by atoms with Crippen molar-refractivity contribution in [3.8, 4) is 23.0 Å². The van der Waals surface area contributed by atoms with Crippen LogP contribution in [-0.2, 0) is 0 Å². The summed E-state index contributed by atoms with van der Waals surface area (Å²) in [5.74, 6) is 0.958. The molecule has 0 radical (unpaired) electrons. The summed E-state index contributed by atoms with van der Waals surface area (Å²) in [5.41, 5.74) is 0. The SMILES string of the molecule is Oc1ccc(OCCCOc2ccc(OC(F)(F)F)cc2)cc1. The molecule has 2 aromatic rings. The molecule has 0 bridgehead atoms. The molecule has 0 saturated carbocycles. The van der Waals surface area contributed by atoms with Crippen LogP contribution in [0, 0.1) is 0 Å². The fourth-order valence-electron chi connectivity index (χ4n) is 1.72. The van der Waals surface area contributed by atoms with Crippen LogP contribution in [0.4, 0.5) is 13.2 Å². The molecule has 0 heterocycles. The van der Waals surface area contributed by atoms with Gasteiger partial charge in [-0.15, -0.1) is 13.2 Å². The fraction of sp³-hybridized carbons (Fsp3) is 0.250. The zero-order valence-corrected chi connectivity index (χ0v) is 12.0. The third-order valence-corrected chi connectivity index (χ3v) is 2.72. The third kappa shape index (κ3) is 6.37. The van der Waals surface area contributed by atoms with Crippen molar-refractivity contribution in [1.29, 1.82) is 0 Å². The van der Waals surface area contributed by atoms with Crippen LogP contribution in [0.15, 0.2) is 48.5 Å². The average molecular weight is 328 g/mol. The highest BCUT2D eigenvalue weighted by molar-refractivity contribution is 5.31. The van der Waals surface area contributed by atoms with Gasteiger partial charge in [-0.25, -0.2) is 0 Å². The summed E-state index contributed by atoms with van der Waals surface area (Å²) >= 11 is 0. The van der Waals surface area contributed by atoms with Gasteiger partial charge in [0.2, 0.25) is 0 Å². The van der Waals surface area contributed by atoms with E-state index in [1.165, 1.54) is 36.4 Å². The molecule has 0 unspecified atom stereocenters. The Morgan fingerprint density at radius 1 is 0.739 bits per heavy atom. The highest BCUT2D eigenvalue weighted by Crippen LogP contribution is 2.24. The lowest BCUT2D eigenvalue weighted by atomic mass is 10.3. The Kier molecular flexibility index (Phi) is 5.56. The van der Waals surface area contributed by atoms with Crippen molar-refractivity contribution >= 4 is 0 Å². The molecular weight excluding hydrogens is 313 g/mol. The maximum Gasteiger partial charge on any atom is 0.573 e. The maximum absolute atomic E-state index is 12.0. The van der Waals surface area contributed by atoms with Crippen LogP contribution in [-0.4, -0.2) is 24.7 Å². The van der Waals surface area contributed by atoms with Crippen molar-refractivity contribution in [2.24, 2.45) is 0 Å². The minimum absolute atomic E-state index is 0.165. The Labute approximate surface area is 131 Å². The lowest BCUT2D eigenvalue weighted by molar-refractivity contribution is -0.274. The molecule has 0 aliphatic rings. The largest absolute Gasteiger partial charge is 0.573 e. The number of aromatic hydroxyl groups is 1. The Morgan fingerprint density at radius 3 is 1.65 bits per heavy atom. The Balaban J connectivity index is 1.67. The van der Waals surface area contributed by atoms with Gasteiger partial charge in [-0.3, -0.25) is 0 Å². The molecule has 0 atom stereocenters. The molecule has 4 nitrogen and oxygen atoms in total. The number of alkyl halides is 3. The van der Waals surface area contributed by atoms with Crippen molar-refractivity contribution in [1.82, 2.24) is 0 Å². The van der Waals surface area contributed by atoms with Crippen LogP contribution in [0.2, 0.25) is 0 Å². The molecule has 0 aromatic heterocycles. The number of phenols is 1. The van der Waals surface area contributed by atoms with Crippen LogP contribution < -0.4 is 14.2 Å². The van der Waals surface area contributed by atoms with Gasteiger partial charge in [0.05, 0.1) is 13.2 Å². The number of halogens is 3. The predicted molar refractivity (Wildman–Crippen MR) is 76.8 cm³/mol. The van der Waals surface area contributed by atoms with Gasteiger partial charge in [-0.05, 0) is 48.5 Å². The first-order valence-corrected chi connectivity index (χ1v) is 6.83. The van der Waals surface area contributed by atoms with E-state index in [9.17, 15) is 13.2 Å². The van der Waals surface area contributed by atoms with Crippen molar-refractivity contribution in [2.45, 2.75) is 12.8 Å². The van der Waals surface area contributed by atoms with Crippen LogP contribution in [0.3, 0.4) is 0 Å². The van der Waals surface area contributed by atoms with Crippen LogP contribution in [0.1, 0.15) is 6.42 Å². The lowest BCUT2D eigenvalue weighted by Crippen LogP contribution is -2.17. The van der Waals surface area contributed by atoms with Crippen molar-refractivity contribution in [3.63, 3.8) is 0 Å². The quantitative estimate of drug-likeness (QED) is 0.776. The van der Waals surface area contributed by atoms with Crippen molar-refractivity contribution in [3.05, 3.63) is 48.5 Å². The van der Waals surface area contributed by atoms with Crippen LogP contribution >= 0.6 is 0 Å².